The van der Waals surface area contributed by atoms with Crippen LogP contribution in [-0.2, 0) is 0 Å². The molecular formula is C7H14N4. The first-order chi connectivity index (χ1) is 5.08. The average Bonchev–Trinajstić information content (AvgIpc) is 2.32. The molecule has 0 amide bonds. The van der Waals surface area contributed by atoms with Crippen molar-refractivity contribution in [1.29, 1.82) is 0 Å². The topological polar surface area (TPSA) is 66.7 Å². The lowest BCUT2D eigenvalue weighted by atomic mass is 10.1. The number of hydrogen-bond donors (Lipinski definition) is 3. The van der Waals surface area contributed by atoms with Crippen molar-refractivity contribution in [2.75, 3.05) is 11.9 Å². The minimum Gasteiger partial charge on any atom is -0.367 e. The Kier molecular flexibility index (Phi) is 2.14. The molecule has 0 aliphatic rings. The zero-order valence-corrected chi connectivity index (χ0v) is 6.89. The maximum absolute atomic E-state index is 5.75. The molecule has 0 fully saturated rings. The van der Waals surface area contributed by atoms with Gasteiger partial charge in [-0.1, -0.05) is 0 Å². The van der Waals surface area contributed by atoms with Gasteiger partial charge in [-0.3, -0.25) is 5.10 Å². The molecule has 0 unspecified atom stereocenters. The van der Waals surface area contributed by atoms with E-state index in [9.17, 15) is 0 Å². The van der Waals surface area contributed by atoms with E-state index in [4.69, 9.17) is 5.73 Å². The number of aromatic nitrogens is 2. The molecule has 4 heteroatoms. The lowest BCUT2D eigenvalue weighted by Crippen LogP contribution is -2.39. The highest BCUT2D eigenvalue weighted by molar-refractivity contribution is 5.32. The van der Waals surface area contributed by atoms with Gasteiger partial charge in [-0.15, -0.1) is 0 Å². The molecule has 0 radical (unpaired) electrons. The van der Waals surface area contributed by atoms with Crippen LogP contribution in [0.5, 0.6) is 0 Å². The molecule has 0 saturated heterocycles. The van der Waals surface area contributed by atoms with Gasteiger partial charge in [0.2, 0.25) is 0 Å². The number of H-pyrrole nitrogens is 1. The molecule has 1 aromatic heterocycles. The summed E-state index contributed by atoms with van der Waals surface area (Å²) in [5, 5.41) is 9.74. The van der Waals surface area contributed by atoms with Crippen LogP contribution in [0.15, 0.2) is 12.3 Å². The van der Waals surface area contributed by atoms with Crippen LogP contribution in [0.4, 0.5) is 5.82 Å². The van der Waals surface area contributed by atoms with Gasteiger partial charge in [0.15, 0.2) is 0 Å². The predicted octanol–water partition coefficient (Wildman–Crippen LogP) is 0.559. The van der Waals surface area contributed by atoms with Crippen molar-refractivity contribution in [2.24, 2.45) is 5.73 Å². The van der Waals surface area contributed by atoms with Crippen molar-refractivity contribution < 1.29 is 0 Å². The quantitative estimate of drug-likeness (QED) is 0.596. The van der Waals surface area contributed by atoms with Crippen LogP contribution in [0.2, 0.25) is 0 Å². The average molecular weight is 154 g/mol. The van der Waals surface area contributed by atoms with Gasteiger partial charge < -0.3 is 11.1 Å². The predicted molar refractivity (Wildman–Crippen MR) is 45.3 cm³/mol. The molecule has 4 nitrogen and oxygen atoms in total. The molecule has 0 spiro atoms. The molecule has 1 aromatic rings. The Bertz CT molecular complexity index is 197. The van der Waals surface area contributed by atoms with E-state index >= 15 is 0 Å². The van der Waals surface area contributed by atoms with E-state index in [1.165, 1.54) is 0 Å². The largest absolute Gasteiger partial charge is 0.367 e. The summed E-state index contributed by atoms with van der Waals surface area (Å²) < 4.78 is 0. The fourth-order valence-electron chi connectivity index (χ4n) is 0.677. The van der Waals surface area contributed by atoms with Crippen LogP contribution >= 0.6 is 0 Å². The number of nitrogens with two attached hydrogens (primary N) is 1. The van der Waals surface area contributed by atoms with Crippen LogP contribution in [0.3, 0.4) is 0 Å². The molecular weight excluding hydrogens is 140 g/mol. The van der Waals surface area contributed by atoms with E-state index in [0.29, 0.717) is 0 Å². The van der Waals surface area contributed by atoms with Crippen LogP contribution in [0.25, 0.3) is 0 Å². The van der Waals surface area contributed by atoms with Gasteiger partial charge in [0, 0.05) is 18.3 Å². The Balaban J connectivity index is 2.35. The molecule has 1 heterocycles. The number of rotatable bonds is 3. The lowest BCUT2D eigenvalue weighted by molar-refractivity contribution is 0.548. The van der Waals surface area contributed by atoms with Crippen LogP contribution in [0.1, 0.15) is 13.8 Å². The first-order valence-corrected chi connectivity index (χ1v) is 3.60. The van der Waals surface area contributed by atoms with E-state index in [-0.39, 0.29) is 5.54 Å². The Labute approximate surface area is 66.2 Å². The van der Waals surface area contributed by atoms with E-state index < -0.39 is 0 Å². The zero-order chi connectivity index (χ0) is 8.32. The highest BCUT2D eigenvalue weighted by Crippen LogP contribution is 2.01. The maximum atomic E-state index is 5.75. The molecule has 0 saturated carbocycles. The van der Waals surface area contributed by atoms with Gasteiger partial charge in [-0.25, -0.2) is 0 Å². The van der Waals surface area contributed by atoms with Crippen molar-refractivity contribution in [3.63, 3.8) is 0 Å². The van der Waals surface area contributed by atoms with Crippen LogP contribution in [0, 0.1) is 0 Å². The van der Waals surface area contributed by atoms with Gasteiger partial charge in [-0.2, -0.15) is 5.10 Å². The molecule has 11 heavy (non-hydrogen) atoms. The third-order valence-electron chi connectivity index (χ3n) is 1.23. The fourth-order valence-corrected chi connectivity index (χ4v) is 0.677. The van der Waals surface area contributed by atoms with Gasteiger partial charge in [0.25, 0.3) is 0 Å². The first-order valence-electron chi connectivity index (χ1n) is 3.60. The standard InChI is InChI=1S/C7H14N4/c1-7(2,8)5-9-6-3-4-10-11-6/h3-4H,5,8H2,1-2H3,(H2,9,10,11). The fraction of sp³-hybridized carbons (Fsp3) is 0.571. The second kappa shape index (κ2) is 2.92. The molecule has 0 atom stereocenters. The minimum absolute atomic E-state index is 0.195. The SMILES string of the molecule is CC(C)(N)CNc1cc[nH]n1. The molecule has 0 aliphatic heterocycles. The maximum Gasteiger partial charge on any atom is 0.147 e. The Morgan fingerprint density at radius 2 is 2.45 bits per heavy atom. The highest BCUT2D eigenvalue weighted by Gasteiger charge is 2.09. The highest BCUT2D eigenvalue weighted by atomic mass is 15.2. The Morgan fingerprint density at radius 3 is 2.91 bits per heavy atom. The van der Waals surface area contributed by atoms with Crippen molar-refractivity contribution in [1.82, 2.24) is 10.2 Å². The minimum atomic E-state index is -0.195. The lowest BCUT2D eigenvalue weighted by Gasteiger charge is -2.18. The summed E-state index contributed by atoms with van der Waals surface area (Å²) in [7, 11) is 0. The smallest absolute Gasteiger partial charge is 0.147 e. The first kappa shape index (κ1) is 8.07. The molecule has 0 aromatic carbocycles. The van der Waals surface area contributed by atoms with E-state index in [1.54, 1.807) is 6.20 Å². The summed E-state index contributed by atoms with van der Waals surface area (Å²) in [4.78, 5) is 0. The summed E-state index contributed by atoms with van der Waals surface area (Å²) in [6, 6.07) is 1.87. The van der Waals surface area contributed by atoms with Gasteiger partial charge in [0.05, 0.1) is 0 Å². The summed E-state index contributed by atoms with van der Waals surface area (Å²) in [5.74, 6) is 0.837. The van der Waals surface area contributed by atoms with Crippen molar-refractivity contribution in [2.45, 2.75) is 19.4 Å². The third kappa shape index (κ3) is 3.04. The zero-order valence-electron chi connectivity index (χ0n) is 6.89. The molecule has 0 bridgehead atoms. The van der Waals surface area contributed by atoms with Crippen molar-refractivity contribution >= 4 is 5.82 Å². The normalized spacial score (nSPS) is 11.5. The number of nitrogens with one attached hydrogen (secondary N) is 2. The molecule has 62 valence electrons. The van der Waals surface area contributed by atoms with Gasteiger partial charge in [0.1, 0.15) is 5.82 Å². The third-order valence-corrected chi connectivity index (χ3v) is 1.23. The van der Waals surface area contributed by atoms with Crippen LogP contribution in [-0.4, -0.2) is 22.3 Å². The van der Waals surface area contributed by atoms with E-state index in [0.717, 1.165) is 12.4 Å². The summed E-state index contributed by atoms with van der Waals surface area (Å²) in [6.07, 6.45) is 1.77. The number of hydrogen-bond acceptors (Lipinski definition) is 3. The number of aromatic amines is 1. The van der Waals surface area contributed by atoms with Crippen molar-refractivity contribution in [3.05, 3.63) is 12.3 Å². The Morgan fingerprint density at radius 1 is 1.73 bits per heavy atom. The van der Waals surface area contributed by atoms with E-state index in [2.05, 4.69) is 15.5 Å². The second-order valence-electron chi connectivity index (χ2n) is 3.30. The summed E-state index contributed by atoms with van der Waals surface area (Å²) in [5.41, 5.74) is 5.56. The summed E-state index contributed by atoms with van der Waals surface area (Å²) >= 11 is 0. The van der Waals surface area contributed by atoms with Gasteiger partial charge in [-0.05, 0) is 19.9 Å². The van der Waals surface area contributed by atoms with Gasteiger partial charge >= 0.3 is 0 Å². The Hall–Kier alpha value is -1.03. The molecule has 4 N–H and O–H groups in total. The number of nitrogens with zero attached hydrogens (tertiary/aromatic N) is 1. The van der Waals surface area contributed by atoms with Crippen molar-refractivity contribution in [3.8, 4) is 0 Å². The monoisotopic (exact) mass is 154 g/mol. The molecule has 1 rings (SSSR count). The summed E-state index contributed by atoms with van der Waals surface area (Å²) in [6.45, 7) is 4.65. The molecule has 0 aliphatic carbocycles. The van der Waals surface area contributed by atoms with Crippen LogP contribution < -0.4 is 11.1 Å². The number of anilines is 1. The van der Waals surface area contributed by atoms with E-state index in [1.807, 2.05) is 19.9 Å². The second-order valence-corrected chi connectivity index (χ2v) is 3.30.